The van der Waals surface area contributed by atoms with Crippen LogP contribution in [-0.4, -0.2) is 117 Å². The zero-order chi connectivity index (χ0) is 46.2. The lowest BCUT2D eigenvalue weighted by Gasteiger charge is -2.46. The monoisotopic (exact) mass is 943 g/mol. The maximum Gasteiger partial charge on any atom is 0.339 e. The standard InChI is InChI=1S/C37H44Cl2N2O8S2.C9H11NO2/c1-22(17-33(43)44)30-19-24(13-15-40(30)35(32(21-42)48-3)26-9-5-7-11-28(26)38)50-51-25-14-16-41(31(20-25)23(2)18-34(45)46)36(37(47)49-4)27-10-6-8-12-29(27)39;1-7(2)12-9(11)8-4-3-5-10-6-8/h5-12,21,24-25,30-32,35-36H,1-2,13-20H2,3-4H3,(H,43,44)(H,45,46);3-7H,1-2H3/t24?,25?,30?,31?,32-,35?,36?;/m1./s1. The van der Waals surface area contributed by atoms with Crippen molar-refractivity contribution in [2.75, 3.05) is 27.3 Å². The van der Waals surface area contributed by atoms with E-state index < -0.39 is 42.1 Å². The van der Waals surface area contributed by atoms with Gasteiger partial charge in [0.05, 0.1) is 37.7 Å². The smallest absolute Gasteiger partial charge is 0.339 e. The van der Waals surface area contributed by atoms with Gasteiger partial charge in [-0.2, -0.15) is 0 Å². The molecule has 340 valence electrons. The average molecular weight is 945 g/mol. The Bertz CT molecular complexity index is 2060. The van der Waals surface area contributed by atoms with Crippen LogP contribution in [0.1, 0.15) is 85.9 Å². The van der Waals surface area contributed by atoms with Crippen molar-refractivity contribution in [3.05, 3.63) is 124 Å². The Morgan fingerprint density at radius 3 is 1.81 bits per heavy atom. The van der Waals surface area contributed by atoms with E-state index in [0.717, 1.165) is 12.7 Å². The number of esters is 2. The van der Waals surface area contributed by atoms with Crippen molar-refractivity contribution in [3.63, 3.8) is 0 Å². The number of carbonyl (C=O) groups excluding carboxylic acids is 3. The minimum Gasteiger partial charge on any atom is -0.481 e. The zero-order valence-corrected chi connectivity index (χ0v) is 38.9. The number of benzene rings is 2. The summed E-state index contributed by atoms with van der Waals surface area (Å²) in [5, 5.41) is 20.5. The van der Waals surface area contributed by atoms with Crippen molar-refractivity contribution < 1.29 is 48.4 Å². The summed E-state index contributed by atoms with van der Waals surface area (Å²) in [6.45, 7) is 13.0. The maximum atomic E-state index is 13.2. The number of methoxy groups -OCH3 is 2. The molecule has 3 heterocycles. The summed E-state index contributed by atoms with van der Waals surface area (Å²) in [5.74, 6) is -2.80. The predicted molar refractivity (Wildman–Crippen MR) is 247 cm³/mol. The first-order valence-electron chi connectivity index (χ1n) is 20.4. The number of nitrogens with zero attached hydrogens (tertiary/aromatic N) is 3. The van der Waals surface area contributed by atoms with Crippen molar-refractivity contribution in [2.24, 2.45) is 0 Å². The van der Waals surface area contributed by atoms with E-state index in [9.17, 15) is 34.2 Å². The molecule has 2 N–H and O–H groups in total. The van der Waals surface area contributed by atoms with E-state index in [1.807, 2.05) is 36.9 Å². The molecule has 13 nitrogen and oxygen atoms in total. The number of ether oxygens (including phenoxy) is 3. The third kappa shape index (κ3) is 14.6. The van der Waals surface area contributed by atoms with Crippen LogP contribution in [0.15, 0.2) is 97.4 Å². The molecule has 63 heavy (non-hydrogen) atoms. The number of aldehydes is 1. The first kappa shape index (κ1) is 51.4. The van der Waals surface area contributed by atoms with Crippen molar-refractivity contribution in [1.82, 2.24) is 14.8 Å². The van der Waals surface area contributed by atoms with Gasteiger partial charge in [0.2, 0.25) is 0 Å². The Morgan fingerprint density at radius 1 is 0.825 bits per heavy atom. The van der Waals surface area contributed by atoms with Gasteiger partial charge in [-0.3, -0.25) is 24.4 Å². The highest BCUT2D eigenvalue weighted by molar-refractivity contribution is 8.77. The average Bonchev–Trinajstić information content (AvgIpc) is 3.26. The molecule has 0 radical (unpaired) electrons. The fourth-order valence-corrected chi connectivity index (χ4v) is 11.6. The van der Waals surface area contributed by atoms with Crippen LogP contribution in [0.3, 0.4) is 0 Å². The quantitative estimate of drug-likeness (QED) is 0.0505. The van der Waals surface area contributed by atoms with Crippen LogP contribution in [0.4, 0.5) is 0 Å². The molecule has 1 aromatic heterocycles. The molecule has 2 fully saturated rings. The van der Waals surface area contributed by atoms with Gasteiger partial charge < -0.3 is 29.2 Å². The number of hydrogen-bond donors (Lipinski definition) is 2. The van der Waals surface area contributed by atoms with Crippen LogP contribution < -0.4 is 0 Å². The van der Waals surface area contributed by atoms with Crippen LogP contribution in [0.25, 0.3) is 0 Å². The summed E-state index contributed by atoms with van der Waals surface area (Å²) >= 11 is 13.2. The second kappa shape index (κ2) is 25.3. The van der Waals surface area contributed by atoms with Crippen molar-refractivity contribution in [3.8, 4) is 0 Å². The van der Waals surface area contributed by atoms with E-state index in [1.165, 1.54) is 20.4 Å². The number of halogens is 2. The second-order valence-electron chi connectivity index (χ2n) is 15.4. The summed E-state index contributed by atoms with van der Waals surface area (Å²) < 4.78 is 15.8. The third-order valence-corrected chi connectivity index (χ3v) is 14.9. The maximum absolute atomic E-state index is 13.2. The number of carboxylic acids is 2. The lowest BCUT2D eigenvalue weighted by Crippen LogP contribution is -2.50. The molecule has 17 heteroatoms. The number of aliphatic carboxylic acids is 2. The zero-order valence-electron chi connectivity index (χ0n) is 35.8. The molecule has 5 rings (SSSR count). The van der Waals surface area contributed by atoms with E-state index in [4.69, 9.17) is 37.4 Å². The molecule has 2 saturated heterocycles. The van der Waals surface area contributed by atoms with E-state index in [0.29, 0.717) is 70.2 Å². The van der Waals surface area contributed by atoms with Gasteiger partial charge in [-0.15, -0.1) is 0 Å². The van der Waals surface area contributed by atoms with Gasteiger partial charge in [0.25, 0.3) is 0 Å². The molecule has 6 unspecified atom stereocenters. The summed E-state index contributed by atoms with van der Waals surface area (Å²) in [6, 6.07) is 15.5. The Hall–Kier alpha value is -4.22. The Morgan fingerprint density at radius 2 is 1.35 bits per heavy atom. The first-order chi connectivity index (χ1) is 30.1. The van der Waals surface area contributed by atoms with Crippen molar-refractivity contribution in [2.45, 2.75) is 99.2 Å². The van der Waals surface area contributed by atoms with E-state index in [2.05, 4.69) is 23.0 Å². The Balaban J connectivity index is 0.000000625. The highest BCUT2D eigenvalue weighted by atomic mass is 35.5. The first-order valence-corrected chi connectivity index (χ1v) is 23.4. The second-order valence-corrected chi connectivity index (χ2v) is 19.1. The number of hydrogen-bond acceptors (Lipinski definition) is 13. The number of carbonyl (C=O) groups is 5. The number of piperidine rings is 2. The predicted octanol–water partition coefficient (Wildman–Crippen LogP) is 8.92. The topological polar surface area (TPSA) is 173 Å². The summed E-state index contributed by atoms with van der Waals surface area (Å²) in [6.07, 6.45) is 5.06. The minimum absolute atomic E-state index is 0.0855. The highest BCUT2D eigenvalue weighted by Crippen LogP contribution is 2.47. The van der Waals surface area contributed by atoms with Gasteiger partial charge in [0.15, 0.2) is 6.29 Å². The number of carboxylic acid groups (broad SMARTS) is 2. The molecule has 0 bridgehead atoms. The van der Waals surface area contributed by atoms with E-state index in [1.54, 1.807) is 70.2 Å². The molecule has 0 amide bonds. The largest absolute Gasteiger partial charge is 0.481 e. The molecular weight excluding hydrogens is 890 g/mol. The fraction of sp³-hybridized carbons (Fsp3) is 0.435. The Kier molecular flexibility index (Phi) is 20.7. The lowest BCUT2D eigenvalue weighted by molar-refractivity contribution is -0.148. The summed E-state index contributed by atoms with van der Waals surface area (Å²) in [4.78, 5) is 68.2. The van der Waals surface area contributed by atoms with Gasteiger partial charge in [-0.25, -0.2) is 9.59 Å². The molecule has 7 atom stereocenters. The number of rotatable bonds is 19. The molecule has 3 aromatic rings. The molecule has 0 aliphatic carbocycles. The molecule has 0 spiro atoms. The Labute approximate surface area is 386 Å². The molecule has 0 saturated carbocycles. The summed E-state index contributed by atoms with van der Waals surface area (Å²) in [5.41, 5.74) is 2.81. The van der Waals surface area contributed by atoms with Gasteiger partial charge in [-0.1, -0.05) is 94.3 Å². The molecule has 2 aliphatic heterocycles. The van der Waals surface area contributed by atoms with Gasteiger partial charge in [0, 0.05) is 65.2 Å². The molecular formula is C46H55Cl2N3O10S2. The molecule has 2 aromatic carbocycles. The normalized spacial score (nSPS) is 20.6. The van der Waals surface area contributed by atoms with Crippen LogP contribution in [-0.2, 0) is 33.4 Å². The van der Waals surface area contributed by atoms with Crippen LogP contribution >= 0.6 is 44.8 Å². The van der Waals surface area contributed by atoms with Crippen LogP contribution in [0.2, 0.25) is 10.0 Å². The van der Waals surface area contributed by atoms with E-state index in [-0.39, 0.29) is 41.5 Å². The number of pyridine rings is 1. The van der Waals surface area contributed by atoms with Crippen molar-refractivity contribution >= 4 is 75.0 Å². The number of likely N-dealkylation sites (tertiary alicyclic amines) is 2. The lowest BCUT2D eigenvalue weighted by atomic mass is 9.89. The summed E-state index contributed by atoms with van der Waals surface area (Å²) in [7, 11) is 6.22. The van der Waals surface area contributed by atoms with Gasteiger partial charge in [0.1, 0.15) is 12.1 Å². The van der Waals surface area contributed by atoms with Crippen LogP contribution in [0, 0.1) is 0 Å². The van der Waals surface area contributed by atoms with Crippen molar-refractivity contribution in [1.29, 1.82) is 0 Å². The number of aromatic nitrogens is 1. The highest BCUT2D eigenvalue weighted by Gasteiger charge is 2.43. The fourth-order valence-electron chi connectivity index (χ4n) is 7.84. The van der Waals surface area contributed by atoms with Crippen LogP contribution in [0.5, 0.6) is 0 Å². The minimum atomic E-state index is -1.00. The van der Waals surface area contributed by atoms with Gasteiger partial charge in [-0.05, 0) is 86.1 Å². The molecule has 2 aliphatic rings. The SMILES string of the molecule is C=C(CC(=O)O)C1CC(SSC2CCN(C(c3ccccc3Cl)[C@@H](C=O)OC)C(C(=C)CC(=O)O)C2)CCN1C(C(=O)OC)c1ccccc1Cl.CC(C)OC(=O)c1cccnc1. The van der Waals surface area contributed by atoms with Gasteiger partial charge >= 0.3 is 23.9 Å². The van der Waals surface area contributed by atoms with E-state index >= 15 is 0 Å². The third-order valence-electron chi connectivity index (χ3n) is 10.7.